The molecule has 0 unspecified atom stereocenters. The van der Waals surface area contributed by atoms with Gasteiger partial charge in [-0.05, 0) is 4.92 Å². The number of carbonyl (C=O) groups excluding carboxylic acids is 1. The predicted octanol–water partition coefficient (Wildman–Crippen LogP) is -0.154. The van der Waals surface area contributed by atoms with E-state index in [1.807, 2.05) is 0 Å². The van der Waals surface area contributed by atoms with Gasteiger partial charge in [0.05, 0.1) is 0 Å². The van der Waals surface area contributed by atoms with Gasteiger partial charge in [0.25, 0.3) is 5.91 Å². The Balaban J connectivity index is 2.99. The standard InChI is InChI=1S/C7H10N4O3/c1-5-9-3-7(11(13)14)10(5)4-6(12)8-2/h3H,4H2,1-2H3,(H,8,12). The Hall–Kier alpha value is -1.92. The lowest BCUT2D eigenvalue weighted by Crippen LogP contribution is -2.24. The van der Waals surface area contributed by atoms with E-state index in [2.05, 4.69) is 10.3 Å². The van der Waals surface area contributed by atoms with Gasteiger partial charge in [0.1, 0.15) is 6.20 Å². The molecule has 76 valence electrons. The number of nitrogens with one attached hydrogen (secondary N) is 1. The van der Waals surface area contributed by atoms with E-state index >= 15 is 0 Å². The second kappa shape index (κ2) is 3.86. The molecule has 1 rings (SSSR count). The summed E-state index contributed by atoms with van der Waals surface area (Å²) in [5.41, 5.74) is 0. The molecule has 7 nitrogen and oxygen atoms in total. The molecule has 0 aliphatic carbocycles. The second-order valence-corrected chi connectivity index (χ2v) is 2.68. The molecule has 0 radical (unpaired) electrons. The molecule has 7 heteroatoms. The van der Waals surface area contributed by atoms with Crippen molar-refractivity contribution in [3.05, 3.63) is 22.1 Å². The van der Waals surface area contributed by atoms with E-state index in [0.29, 0.717) is 5.82 Å². The number of hydrogen-bond donors (Lipinski definition) is 1. The molecular formula is C7H10N4O3. The normalized spacial score (nSPS) is 9.86. The van der Waals surface area contributed by atoms with Crippen molar-refractivity contribution in [2.75, 3.05) is 7.05 Å². The lowest BCUT2D eigenvalue weighted by Gasteiger charge is -2.00. The Morgan fingerprint density at radius 3 is 2.93 bits per heavy atom. The van der Waals surface area contributed by atoms with Crippen LogP contribution in [0.25, 0.3) is 0 Å². The Bertz CT molecular complexity index is 371. The molecule has 0 atom stereocenters. The Kier molecular flexibility index (Phi) is 2.80. The maximum atomic E-state index is 11.0. The molecule has 0 aliphatic heterocycles. The molecule has 0 saturated carbocycles. The average molecular weight is 198 g/mol. The number of aromatic nitrogens is 2. The van der Waals surface area contributed by atoms with Gasteiger partial charge in [-0.3, -0.25) is 4.79 Å². The van der Waals surface area contributed by atoms with Gasteiger partial charge in [0.15, 0.2) is 12.4 Å². The lowest BCUT2D eigenvalue weighted by atomic mass is 10.5. The zero-order valence-electron chi connectivity index (χ0n) is 7.85. The SMILES string of the molecule is CNC(=O)Cn1c([N+](=O)[O-])cnc1C. The van der Waals surface area contributed by atoms with Crippen LogP contribution >= 0.6 is 0 Å². The average Bonchev–Trinajstić information content (AvgIpc) is 2.48. The highest BCUT2D eigenvalue weighted by Gasteiger charge is 2.19. The van der Waals surface area contributed by atoms with Gasteiger partial charge in [-0.15, -0.1) is 0 Å². The van der Waals surface area contributed by atoms with Gasteiger partial charge < -0.3 is 15.4 Å². The van der Waals surface area contributed by atoms with Crippen LogP contribution in [0.4, 0.5) is 5.82 Å². The van der Waals surface area contributed by atoms with E-state index < -0.39 is 4.92 Å². The molecule has 0 saturated heterocycles. The summed E-state index contributed by atoms with van der Waals surface area (Å²) < 4.78 is 1.25. The molecule has 1 aromatic heterocycles. The zero-order valence-corrected chi connectivity index (χ0v) is 7.85. The van der Waals surface area contributed by atoms with E-state index in [4.69, 9.17) is 0 Å². The van der Waals surface area contributed by atoms with Crippen molar-refractivity contribution in [1.82, 2.24) is 14.9 Å². The van der Waals surface area contributed by atoms with E-state index in [1.54, 1.807) is 6.92 Å². The van der Waals surface area contributed by atoms with Crippen LogP contribution in [0, 0.1) is 17.0 Å². The van der Waals surface area contributed by atoms with Crippen LogP contribution in [0.1, 0.15) is 5.82 Å². The molecule has 0 aliphatic rings. The van der Waals surface area contributed by atoms with Crippen LogP contribution in [-0.4, -0.2) is 27.4 Å². The number of rotatable bonds is 3. The van der Waals surface area contributed by atoms with Crippen LogP contribution < -0.4 is 5.32 Å². The molecule has 0 aromatic carbocycles. The van der Waals surface area contributed by atoms with Gasteiger partial charge in [0, 0.05) is 14.0 Å². The first-order valence-corrected chi connectivity index (χ1v) is 3.93. The Morgan fingerprint density at radius 1 is 1.79 bits per heavy atom. The van der Waals surface area contributed by atoms with Crippen LogP contribution in [0.2, 0.25) is 0 Å². The van der Waals surface area contributed by atoms with E-state index in [1.165, 1.54) is 11.6 Å². The van der Waals surface area contributed by atoms with Crippen molar-refractivity contribution < 1.29 is 9.72 Å². The molecule has 1 aromatic rings. The topological polar surface area (TPSA) is 90.1 Å². The summed E-state index contributed by atoms with van der Waals surface area (Å²) in [6, 6.07) is 0. The number of amides is 1. The third-order valence-corrected chi connectivity index (χ3v) is 1.80. The lowest BCUT2D eigenvalue weighted by molar-refractivity contribution is -0.392. The highest BCUT2D eigenvalue weighted by Crippen LogP contribution is 2.12. The number of nitrogens with zero attached hydrogens (tertiary/aromatic N) is 3. The summed E-state index contributed by atoms with van der Waals surface area (Å²) in [5, 5.41) is 12.9. The minimum absolute atomic E-state index is 0.0847. The molecular weight excluding hydrogens is 188 g/mol. The summed E-state index contributed by atoms with van der Waals surface area (Å²) in [4.78, 5) is 24.7. The van der Waals surface area contributed by atoms with Crippen LogP contribution in [0.15, 0.2) is 6.20 Å². The van der Waals surface area contributed by atoms with Crippen molar-refractivity contribution >= 4 is 11.7 Å². The molecule has 0 fully saturated rings. The highest BCUT2D eigenvalue weighted by atomic mass is 16.6. The summed E-state index contributed by atoms with van der Waals surface area (Å²) in [6.07, 6.45) is 1.14. The first-order chi connectivity index (χ1) is 6.56. The van der Waals surface area contributed by atoms with Gasteiger partial charge >= 0.3 is 5.82 Å². The highest BCUT2D eigenvalue weighted by molar-refractivity contribution is 5.75. The number of carbonyl (C=O) groups is 1. The van der Waals surface area contributed by atoms with Crippen molar-refractivity contribution in [3.8, 4) is 0 Å². The second-order valence-electron chi connectivity index (χ2n) is 2.68. The first-order valence-electron chi connectivity index (χ1n) is 3.93. The fourth-order valence-electron chi connectivity index (χ4n) is 1.02. The van der Waals surface area contributed by atoms with Crippen LogP contribution in [0.5, 0.6) is 0 Å². The van der Waals surface area contributed by atoms with E-state index in [9.17, 15) is 14.9 Å². The third kappa shape index (κ3) is 1.87. The fourth-order valence-corrected chi connectivity index (χ4v) is 1.02. The molecule has 0 spiro atoms. The minimum atomic E-state index is -0.567. The molecule has 14 heavy (non-hydrogen) atoms. The third-order valence-electron chi connectivity index (χ3n) is 1.80. The van der Waals surface area contributed by atoms with Crippen LogP contribution in [0.3, 0.4) is 0 Å². The number of likely N-dealkylation sites (N-methyl/N-ethyl adjacent to an activating group) is 1. The number of hydrogen-bond acceptors (Lipinski definition) is 4. The van der Waals surface area contributed by atoms with Gasteiger partial charge in [0.2, 0.25) is 0 Å². The first kappa shape index (κ1) is 10.2. The largest absolute Gasteiger partial charge is 0.358 e. The minimum Gasteiger partial charge on any atom is -0.358 e. The molecule has 0 bridgehead atoms. The Morgan fingerprint density at radius 2 is 2.43 bits per heavy atom. The van der Waals surface area contributed by atoms with Crippen molar-refractivity contribution in [3.63, 3.8) is 0 Å². The predicted molar refractivity (Wildman–Crippen MR) is 47.7 cm³/mol. The smallest absolute Gasteiger partial charge is 0.343 e. The fraction of sp³-hybridized carbons (Fsp3) is 0.429. The summed E-state index contributed by atoms with van der Waals surface area (Å²) in [7, 11) is 1.47. The molecule has 1 heterocycles. The van der Waals surface area contributed by atoms with Gasteiger partial charge in [-0.1, -0.05) is 0 Å². The number of nitro groups is 1. The van der Waals surface area contributed by atoms with Gasteiger partial charge in [-0.25, -0.2) is 9.55 Å². The quantitative estimate of drug-likeness (QED) is 0.540. The Labute approximate surface area is 79.9 Å². The number of imidazole rings is 1. The van der Waals surface area contributed by atoms with E-state index in [0.717, 1.165) is 6.20 Å². The molecule has 1 N–H and O–H groups in total. The zero-order chi connectivity index (χ0) is 10.7. The van der Waals surface area contributed by atoms with Crippen molar-refractivity contribution in [2.45, 2.75) is 13.5 Å². The molecule has 1 amide bonds. The maximum absolute atomic E-state index is 11.0. The maximum Gasteiger partial charge on any atom is 0.343 e. The monoisotopic (exact) mass is 198 g/mol. The van der Waals surface area contributed by atoms with E-state index in [-0.39, 0.29) is 18.3 Å². The van der Waals surface area contributed by atoms with Crippen LogP contribution in [-0.2, 0) is 11.3 Å². The summed E-state index contributed by atoms with van der Waals surface area (Å²) in [5.74, 6) is -0.0272. The number of aryl methyl sites for hydroxylation is 1. The van der Waals surface area contributed by atoms with Crippen molar-refractivity contribution in [1.29, 1.82) is 0 Å². The summed E-state index contributed by atoms with van der Waals surface area (Å²) >= 11 is 0. The summed E-state index contributed by atoms with van der Waals surface area (Å²) in [6.45, 7) is 1.52. The van der Waals surface area contributed by atoms with Crippen molar-refractivity contribution in [2.24, 2.45) is 0 Å². The van der Waals surface area contributed by atoms with Gasteiger partial charge in [-0.2, -0.15) is 0 Å².